The fraction of sp³-hybridized carbons (Fsp3) is 0.412. The summed E-state index contributed by atoms with van der Waals surface area (Å²) in [6.07, 6.45) is 3.76. The van der Waals surface area contributed by atoms with Crippen LogP contribution in [0.5, 0.6) is 0 Å². The summed E-state index contributed by atoms with van der Waals surface area (Å²) in [5.74, 6) is 2.07. The molecule has 0 aliphatic rings. The average molecular weight is 244 g/mol. The first-order valence-electron chi connectivity index (χ1n) is 6.61. The Bertz CT molecular complexity index is 400. The van der Waals surface area contributed by atoms with Gasteiger partial charge in [-0.2, -0.15) is 0 Å². The van der Waals surface area contributed by atoms with Crippen LogP contribution in [0.25, 0.3) is 6.08 Å². The second-order valence-corrected chi connectivity index (χ2v) is 5.15. The molecule has 1 heteroatoms. The van der Waals surface area contributed by atoms with Gasteiger partial charge in [-0.3, -0.25) is 0 Å². The largest absolute Gasteiger partial charge is 0.470 e. The van der Waals surface area contributed by atoms with E-state index in [1.54, 1.807) is 6.26 Å². The van der Waals surface area contributed by atoms with Crippen molar-refractivity contribution < 1.29 is 4.74 Å². The average Bonchev–Trinajstić information content (AvgIpc) is 2.29. The van der Waals surface area contributed by atoms with Crippen LogP contribution in [-0.2, 0) is 4.74 Å². The van der Waals surface area contributed by atoms with E-state index in [1.807, 2.05) is 31.2 Å². The van der Waals surface area contributed by atoms with Crippen LogP contribution in [0, 0.1) is 11.8 Å². The summed E-state index contributed by atoms with van der Waals surface area (Å²) < 4.78 is 5.73. The van der Waals surface area contributed by atoms with E-state index in [-0.39, 0.29) is 0 Å². The van der Waals surface area contributed by atoms with E-state index < -0.39 is 0 Å². The van der Waals surface area contributed by atoms with Gasteiger partial charge in [-0.1, -0.05) is 58.0 Å². The zero-order valence-corrected chi connectivity index (χ0v) is 12.1. The summed E-state index contributed by atoms with van der Waals surface area (Å²) in [6, 6.07) is 10.2. The maximum Gasteiger partial charge on any atom is 0.0998 e. The minimum absolute atomic E-state index is 0.523. The number of hydrogen-bond acceptors (Lipinski definition) is 1. The summed E-state index contributed by atoms with van der Waals surface area (Å²) in [4.78, 5) is 0. The molecule has 0 unspecified atom stereocenters. The van der Waals surface area contributed by atoms with Gasteiger partial charge >= 0.3 is 0 Å². The van der Waals surface area contributed by atoms with Gasteiger partial charge in [0.15, 0.2) is 0 Å². The highest BCUT2D eigenvalue weighted by Crippen LogP contribution is 2.24. The first-order chi connectivity index (χ1) is 8.52. The lowest BCUT2D eigenvalue weighted by Crippen LogP contribution is -2.05. The zero-order chi connectivity index (χ0) is 13.5. The Morgan fingerprint density at radius 2 is 1.56 bits per heavy atom. The lowest BCUT2D eigenvalue weighted by molar-refractivity contribution is 0.336. The maximum atomic E-state index is 5.73. The zero-order valence-electron chi connectivity index (χ0n) is 12.1. The van der Waals surface area contributed by atoms with Gasteiger partial charge in [0.05, 0.1) is 12.0 Å². The predicted molar refractivity (Wildman–Crippen MR) is 78.9 cm³/mol. The standard InChI is InChI=1S/C17H24O/c1-13(2)17(14(3)4)15(5)18-12-11-16-9-7-6-8-10-16/h6-14H,1-5H3. The molecule has 18 heavy (non-hydrogen) atoms. The van der Waals surface area contributed by atoms with Crippen molar-refractivity contribution in [1.29, 1.82) is 0 Å². The fourth-order valence-corrected chi connectivity index (χ4v) is 2.33. The smallest absolute Gasteiger partial charge is 0.0998 e. The van der Waals surface area contributed by atoms with Crippen LogP contribution in [-0.4, -0.2) is 0 Å². The molecule has 0 heterocycles. The molecule has 98 valence electrons. The SMILES string of the molecule is CC(OC=Cc1ccccc1)=C(C(C)C)C(C)C. The molecule has 0 amide bonds. The molecule has 0 aliphatic carbocycles. The van der Waals surface area contributed by atoms with Crippen LogP contribution in [0.4, 0.5) is 0 Å². The number of allylic oxidation sites excluding steroid dienone is 2. The Morgan fingerprint density at radius 3 is 2.06 bits per heavy atom. The molecule has 0 N–H and O–H groups in total. The van der Waals surface area contributed by atoms with Gasteiger partial charge in [0.25, 0.3) is 0 Å². The van der Waals surface area contributed by atoms with E-state index in [0.717, 1.165) is 11.3 Å². The highest BCUT2D eigenvalue weighted by atomic mass is 16.5. The molecule has 0 spiro atoms. The molecule has 0 saturated carbocycles. The lowest BCUT2D eigenvalue weighted by atomic mass is 9.92. The van der Waals surface area contributed by atoms with Gasteiger partial charge < -0.3 is 4.74 Å². The van der Waals surface area contributed by atoms with E-state index in [4.69, 9.17) is 4.74 Å². The van der Waals surface area contributed by atoms with Gasteiger partial charge in [0, 0.05) is 0 Å². The second-order valence-electron chi connectivity index (χ2n) is 5.15. The van der Waals surface area contributed by atoms with Crippen LogP contribution in [0.1, 0.15) is 40.2 Å². The molecule has 1 rings (SSSR count). The van der Waals surface area contributed by atoms with Gasteiger partial charge in [0.2, 0.25) is 0 Å². The minimum Gasteiger partial charge on any atom is -0.470 e. The molecule has 0 aliphatic heterocycles. The molecule has 0 saturated heterocycles. The molecule has 0 bridgehead atoms. The van der Waals surface area contributed by atoms with Crippen LogP contribution >= 0.6 is 0 Å². The molecule has 1 aromatic rings. The third-order valence-corrected chi connectivity index (χ3v) is 2.96. The molecule has 1 aromatic carbocycles. The van der Waals surface area contributed by atoms with Crippen molar-refractivity contribution >= 4 is 6.08 Å². The van der Waals surface area contributed by atoms with Crippen LogP contribution in [0.15, 0.2) is 47.9 Å². The van der Waals surface area contributed by atoms with Crippen molar-refractivity contribution in [1.82, 2.24) is 0 Å². The first kappa shape index (κ1) is 14.6. The van der Waals surface area contributed by atoms with Gasteiger partial charge in [-0.05, 0) is 36.0 Å². The monoisotopic (exact) mass is 244 g/mol. The van der Waals surface area contributed by atoms with E-state index >= 15 is 0 Å². The molecule has 0 aromatic heterocycles. The van der Waals surface area contributed by atoms with E-state index in [0.29, 0.717) is 11.8 Å². The Balaban J connectivity index is 2.72. The Hall–Kier alpha value is -1.50. The van der Waals surface area contributed by atoms with Crippen molar-refractivity contribution in [2.75, 3.05) is 0 Å². The molecule has 0 atom stereocenters. The second kappa shape index (κ2) is 7.05. The summed E-state index contributed by atoms with van der Waals surface area (Å²) in [7, 11) is 0. The molecule has 1 nitrogen and oxygen atoms in total. The van der Waals surface area contributed by atoms with Gasteiger partial charge in [-0.15, -0.1) is 0 Å². The summed E-state index contributed by atoms with van der Waals surface area (Å²) >= 11 is 0. The number of rotatable bonds is 5. The van der Waals surface area contributed by atoms with Crippen molar-refractivity contribution in [3.63, 3.8) is 0 Å². The number of ether oxygens (including phenoxy) is 1. The van der Waals surface area contributed by atoms with Crippen molar-refractivity contribution in [2.24, 2.45) is 11.8 Å². The van der Waals surface area contributed by atoms with Crippen LogP contribution in [0.2, 0.25) is 0 Å². The predicted octanol–water partition coefficient (Wildman–Crippen LogP) is 5.26. The normalized spacial score (nSPS) is 11.3. The Morgan fingerprint density at radius 1 is 1.00 bits per heavy atom. The van der Waals surface area contributed by atoms with Crippen molar-refractivity contribution in [3.8, 4) is 0 Å². The molecule has 0 radical (unpaired) electrons. The summed E-state index contributed by atoms with van der Waals surface area (Å²) in [5, 5.41) is 0. The van der Waals surface area contributed by atoms with E-state index in [9.17, 15) is 0 Å². The fourth-order valence-electron chi connectivity index (χ4n) is 2.33. The van der Waals surface area contributed by atoms with E-state index in [1.165, 1.54) is 5.57 Å². The first-order valence-corrected chi connectivity index (χ1v) is 6.61. The summed E-state index contributed by atoms with van der Waals surface area (Å²) in [6.45, 7) is 10.9. The van der Waals surface area contributed by atoms with Gasteiger partial charge in [0.1, 0.15) is 0 Å². The van der Waals surface area contributed by atoms with Crippen molar-refractivity contribution in [2.45, 2.75) is 34.6 Å². The van der Waals surface area contributed by atoms with Crippen LogP contribution in [0.3, 0.4) is 0 Å². The Labute approximate surface area is 111 Å². The maximum absolute atomic E-state index is 5.73. The topological polar surface area (TPSA) is 9.23 Å². The van der Waals surface area contributed by atoms with E-state index in [2.05, 4.69) is 39.8 Å². The molecular weight excluding hydrogens is 220 g/mol. The quantitative estimate of drug-likeness (QED) is 0.642. The number of benzene rings is 1. The lowest BCUT2D eigenvalue weighted by Gasteiger charge is -2.18. The minimum atomic E-state index is 0.523. The third kappa shape index (κ3) is 4.40. The van der Waals surface area contributed by atoms with Crippen LogP contribution < -0.4 is 0 Å². The highest BCUT2D eigenvalue weighted by molar-refractivity contribution is 5.47. The highest BCUT2D eigenvalue weighted by Gasteiger charge is 2.12. The molecular formula is C17H24O. The molecule has 0 fully saturated rings. The van der Waals surface area contributed by atoms with Gasteiger partial charge in [-0.25, -0.2) is 0 Å². The number of hydrogen-bond donors (Lipinski definition) is 0. The summed E-state index contributed by atoms with van der Waals surface area (Å²) in [5.41, 5.74) is 2.54. The van der Waals surface area contributed by atoms with Crippen molar-refractivity contribution in [3.05, 3.63) is 53.5 Å². The Kier molecular flexibility index (Phi) is 5.70. The third-order valence-electron chi connectivity index (χ3n) is 2.96.